The van der Waals surface area contributed by atoms with Gasteiger partial charge in [0.15, 0.2) is 5.58 Å². The Labute approximate surface area is 323 Å². The number of fused-ring (bicyclic) bond motifs is 11. The van der Waals surface area contributed by atoms with E-state index in [1.165, 1.54) is 49.4 Å². The van der Waals surface area contributed by atoms with Gasteiger partial charge in [0.2, 0.25) is 0 Å². The van der Waals surface area contributed by atoms with E-state index in [9.17, 15) is 0 Å². The number of benzene rings is 9. The predicted molar refractivity (Wildman–Crippen MR) is 234 cm³/mol. The molecule has 264 valence electrons. The number of hydrogen-bond acceptors (Lipinski definition) is 3. The molecule has 3 heteroatoms. The third-order valence-electron chi connectivity index (χ3n) is 12.2. The molecular formula is C53H35NO2. The molecule has 2 aromatic heterocycles. The third kappa shape index (κ3) is 4.34. The lowest BCUT2D eigenvalue weighted by atomic mass is 9.82. The lowest BCUT2D eigenvalue weighted by Gasteiger charge is -2.28. The average molecular weight is 718 g/mol. The highest BCUT2D eigenvalue weighted by molar-refractivity contribution is 6.21. The summed E-state index contributed by atoms with van der Waals surface area (Å²) in [4.78, 5) is 2.37. The Balaban J connectivity index is 1.13. The first-order valence-electron chi connectivity index (χ1n) is 19.3. The molecule has 56 heavy (non-hydrogen) atoms. The largest absolute Gasteiger partial charge is 0.455 e. The molecule has 0 N–H and O–H groups in total. The van der Waals surface area contributed by atoms with Gasteiger partial charge in [-0.15, -0.1) is 0 Å². The standard InChI is InChI=1S/C53H35NO2/c1-53(2)45-22-9-7-18-38(45)39-27-25-35(31-46(39)53)54(47-23-12-21-42-40-19-8-10-24-48(40)55-51(42)47)34-26-28-49-43(30-34)44-29-33-14-4-6-17-37(33)50(52(44)56-49)41-20-11-15-32-13-3-5-16-36(32)41/h3-31H,1-2H3. The maximum absolute atomic E-state index is 6.94. The van der Waals surface area contributed by atoms with E-state index in [0.29, 0.717) is 0 Å². The maximum Gasteiger partial charge on any atom is 0.159 e. The van der Waals surface area contributed by atoms with Crippen LogP contribution in [0.4, 0.5) is 17.1 Å². The zero-order valence-electron chi connectivity index (χ0n) is 31.0. The highest BCUT2D eigenvalue weighted by Gasteiger charge is 2.36. The molecule has 0 saturated heterocycles. The maximum atomic E-state index is 6.94. The van der Waals surface area contributed by atoms with E-state index in [1.54, 1.807) is 0 Å². The minimum Gasteiger partial charge on any atom is -0.455 e. The van der Waals surface area contributed by atoms with Crippen molar-refractivity contribution < 1.29 is 8.83 Å². The summed E-state index contributed by atoms with van der Waals surface area (Å²) in [6.07, 6.45) is 0. The van der Waals surface area contributed by atoms with Gasteiger partial charge in [-0.2, -0.15) is 0 Å². The van der Waals surface area contributed by atoms with Crippen LogP contribution in [-0.2, 0) is 5.41 Å². The Bertz CT molecular complexity index is 3410. The molecule has 0 unspecified atom stereocenters. The van der Waals surface area contributed by atoms with Crippen LogP contribution in [0.3, 0.4) is 0 Å². The van der Waals surface area contributed by atoms with Gasteiger partial charge in [-0.05, 0) is 97.9 Å². The van der Waals surface area contributed by atoms with Crippen LogP contribution in [0.1, 0.15) is 25.0 Å². The molecule has 0 fully saturated rings. The number of furan rings is 2. The molecule has 0 atom stereocenters. The first kappa shape index (κ1) is 31.3. The monoisotopic (exact) mass is 717 g/mol. The smallest absolute Gasteiger partial charge is 0.159 e. The van der Waals surface area contributed by atoms with Gasteiger partial charge in [0.05, 0.1) is 5.69 Å². The molecule has 1 aliphatic rings. The number of rotatable bonds is 4. The molecular weight excluding hydrogens is 683 g/mol. The van der Waals surface area contributed by atoms with Crippen LogP contribution in [0.25, 0.3) is 87.7 Å². The van der Waals surface area contributed by atoms with Gasteiger partial charge in [0, 0.05) is 43.9 Å². The van der Waals surface area contributed by atoms with Gasteiger partial charge in [-0.1, -0.05) is 141 Å². The topological polar surface area (TPSA) is 29.5 Å². The number of nitrogens with zero attached hydrogens (tertiary/aromatic N) is 1. The lowest BCUT2D eigenvalue weighted by molar-refractivity contribution is 0.660. The van der Waals surface area contributed by atoms with Crippen molar-refractivity contribution in [3.8, 4) is 22.3 Å². The fraction of sp³-hybridized carbons (Fsp3) is 0.0566. The molecule has 1 aliphatic carbocycles. The van der Waals surface area contributed by atoms with Crippen LogP contribution in [0, 0.1) is 0 Å². The van der Waals surface area contributed by atoms with Crippen molar-refractivity contribution in [2.45, 2.75) is 19.3 Å². The number of anilines is 3. The fourth-order valence-electron chi connectivity index (χ4n) is 9.58. The second-order valence-electron chi connectivity index (χ2n) is 15.6. The van der Waals surface area contributed by atoms with Crippen LogP contribution in [-0.4, -0.2) is 0 Å². The van der Waals surface area contributed by atoms with Gasteiger partial charge in [0.1, 0.15) is 16.7 Å². The Kier molecular flexibility index (Phi) is 6.40. The van der Waals surface area contributed by atoms with Crippen molar-refractivity contribution in [1.82, 2.24) is 0 Å². The van der Waals surface area contributed by atoms with E-state index in [1.807, 2.05) is 6.07 Å². The molecule has 2 heterocycles. The van der Waals surface area contributed by atoms with Crippen LogP contribution in [0.2, 0.25) is 0 Å². The molecule has 0 aliphatic heterocycles. The van der Waals surface area contributed by atoms with Gasteiger partial charge >= 0.3 is 0 Å². The second-order valence-corrected chi connectivity index (χ2v) is 15.6. The van der Waals surface area contributed by atoms with Crippen LogP contribution < -0.4 is 4.90 Å². The van der Waals surface area contributed by atoms with Crippen LogP contribution >= 0.6 is 0 Å². The lowest BCUT2D eigenvalue weighted by Crippen LogP contribution is -2.16. The minimum atomic E-state index is -0.150. The van der Waals surface area contributed by atoms with Gasteiger partial charge in [-0.25, -0.2) is 0 Å². The first-order chi connectivity index (χ1) is 27.5. The van der Waals surface area contributed by atoms with E-state index in [2.05, 4.69) is 189 Å². The molecule has 0 radical (unpaired) electrons. The molecule has 3 nitrogen and oxygen atoms in total. The summed E-state index contributed by atoms with van der Waals surface area (Å²) in [5.74, 6) is 0. The summed E-state index contributed by atoms with van der Waals surface area (Å²) >= 11 is 0. The summed E-state index contributed by atoms with van der Waals surface area (Å²) in [5.41, 5.74) is 14.0. The zero-order valence-corrected chi connectivity index (χ0v) is 31.0. The summed E-state index contributed by atoms with van der Waals surface area (Å²) in [6.45, 7) is 4.68. The highest BCUT2D eigenvalue weighted by Crippen LogP contribution is 2.52. The van der Waals surface area contributed by atoms with E-state index in [0.717, 1.165) is 66.5 Å². The molecule has 12 rings (SSSR count). The molecule has 0 amide bonds. The van der Waals surface area contributed by atoms with E-state index < -0.39 is 0 Å². The van der Waals surface area contributed by atoms with Crippen molar-refractivity contribution in [2.75, 3.05) is 4.90 Å². The second kappa shape index (κ2) is 11.5. The zero-order chi connectivity index (χ0) is 37.1. The minimum absolute atomic E-state index is 0.150. The summed E-state index contributed by atoms with van der Waals surface area (Å²) < 4.78 is 13.7. The molecule has 9 aromatic carbocycles. The van der Waals surface area contributed by atoms with Crippen molar-refractivity contribution in [1.29, 1.82) is 0 Å². The SMILES string of the molecule is CC1(C)c2ccccc2-c2ccc(N(c3ccc4oc5c(-c6cccc7ccccc67)c6ccccc6cc5c4c3)c3cccc4c3oc3ccccc34)cc21. The Hall–Kier alpha value is -7.10. The van der Waals surface area contributed by atoms with E-state index in [-0.39, 0.29) is 5.41 Å². The van der Waals surface area contributed by atoms with Gasteiger partial charge in [-0.3, -0.25) is 0 Å². The van der Waals surface area contributed by atoms with Crippen molar-refractivity contribution in [3.63, 3.8) is 0 Å². The molecule has 0 bridgehead atoms. The van der Waals surface area contributed by atoms with Crippen molar-refractivity contribution in [3.05, 3.63) is 187 Å². The summed E-state index contributed by atoms with van der Waals surface area (Å²) in [5, 5.41) is 9.14. The van der Waals surface area contributed by atoms with Crippen LogP contribution in [0.5, 0.6) is 0 Å². The Morgan fingerprint density at radius 2 is 1.02 bits per heavy atom. The Morgan fingerprint density at radius 1 is 0.393 bits per heavy atom. The van der Waals surface area contributed by atoms with Crippen molar-refractivity contribution >= 4 is 82.5 Å². The predicted octanol–water partition coefficient (Wildman–Crippen LogP) is 15.2. The van der Waals surface area contributed by atoms with Gasteiger partial charge < -0.3 is 13.7 Å². The first-order valence-corrected chi connectivity index (χ1v) is 19.3. The third-order valence-corrected chi connectivity index (χ3v) is 12.2. The van der Waals surface area contributed by atoms with Gasteiger partial charge in [0.25, 0.3) is 0 Å². The highest BCUT2D eigenvalue weighted by atomic mass is 16.3. The quantitative estimate of drug-likeness (QED) is 0.182. The number of para-hydroxylation sites is 2. The molecule has 0 spiro atoms. The summed E-state index contributed by atoms with van der Waals surface area (Å²) in [7, 11) is 0. The number of hydrogen-bond donors (Lipinski definition) is 0. The van der Waals surface area contributed by atoms with Crippen molar-refractivity contribution in [2.24, 2.45) is 0 Å². The average Bonchev–Trinajstić information content (AvgIpc) is 3.88. The fourth-order valence-corrected chi connectivity index (χ4v) is 9.58. The molecule has 0 saturated carbocycles. The van der Waals surface area contributed by atoms with E-state index in [4.69, 9.17) is 8.83 Å². The normalized spacial score (nSPS) is 13.3. The Morgan fingerprint density at radius 3 is 1.93 bits per heavy atom. The molecule has 11 aromatic rings. The van der Waals surface area contributed by atoms with Crippen LogP contribution in [0.15, 0.2) is 185 Å². The summed E-state index contributed by atoms with van der Waals surface area (Å²) in [6, 6.07) is 63.4. The van der Waals surface area contributed by atoms with E-state index >= 15 is 0 Å².